The summed E-state index contributed by atoms with van der Waals surface area (Å²) in [6, 6.07) is 5.02. The Morgan fingerprint density at radius 3 is 2.64 bits per heavy atom. The fourth-order valence-electron chi connectivity index (χ4n) is 2.90. The number of aromatic nitrogens is 3. The van der Waals surface area contributed by atoms with Gasteiger partial charge in [0, 0.05) is 35.2 Å². The van der Waals surface area contributed by atoms with Crippen LogP contribution in [0.1, 0.15) is 12.5 Å². The van der Waals surface area contributed by atoms with Crippen molar-refractivity contribution in [3.63, 3.8) is 0 Å². The molecule has 0 fully saturated rings. The van der Waals surface area contributed by atoms with Crippen LogP contribution in [-0.2, 0) is 10.7 Å². The minimum Gasteiger partial charge on any atom is -0.392 e. The Bertz CT molecular complexity index is 1060. The molecule has 0 spiro atoms. The highest BCUT2D eigenvalue weighted by Gasteiger charge is 2.36. The normalized spacial score (nSPS) is 13.7. The van der Waals surface area contributed by atoms with E-state index in [2.05, 4.69) is 20.3 Å². The van der Waals surface area contributed by atoms with E-state index in [1.54, 1.807) is 31.5 Å². The monoisotopic (exact) mass is 412 g/mol. The Kier molecular flexibility index (Phi) is 5.25. The topological polar surface area (TPSA) is 90.9 Å². The number of H-pyrrole nitrogens is 1. The number of hydrogen-bond donors (Lipinski definition) is 3. The SMILES string of the molecule is C[C@H](O)CNc1ncc(C(F)(F)F)c(-c2c[nH]c3c(P(C)(C)=O)cccc23)n1. The summed E-state index contributed by atoms with van der Waals surface area (Å²) in [5, 5.41) is 13.1. The van der Waals surface area contributed by atoms with Gasteiger partial charge in [0.15, 0.2) is 0 Å². The highest BCUT2D eigenvalue weighted by atomic mass is 31.2. The van der Waals surface area contributed by atoms with E-state index in [1.807, 2.05) is 0 Å². The predicted molar refractivity (Wildman–Crippen MR) is 104 cm³/mol. The van der Waals surface area contributed by atoms with Gasteiger partial charge in [-0.3, -0.25) is 0 Å². The molecule has 0 aliphatic rings. The minimum absolute atomic E-state index is 0.0222. The molecule has 3 aromatic rings. The molecule has 1 atom stereocenters. The van der Waals surface area contributed by atoms with E-state index < -0.39 is 25.0 Å². The molecule has 0 aliphatic heterocycles. The Morgan fingerprint density at radius 1 is 1.32 bits per heavy atom. The van der Waals surface area contributed by atoms with Gasteiger partial charge in [0.1, 0.15) is 12.7 Å². The third kappa shape index (κ3) is 4.05. The quantitative estimate of drug-likeness (QED) is 0.556. The molecule has 0 unspecified atom stereocenters. The van der Waals surface area contributed by atoms with Gasteiger partial charge in [0.2, 0.25) is 5.95 Å². The van der Waals surface area contributed by atoms with Crippen molar-refractivity contribution in [3.8, 4) is 11.3 Å². The number of aliphatic hydroxyl groups excluding tert-OH is 1. The van der Waals surface area contributed by atoms with E-state index in [9.17, 15) is 22.8 Å². The van der Waals surface area contributed by atoms with Crippen LogP contribution >= 0.6 is 7.14 Å². The molecule has 150 valence electrons. The second-order valence-corrected chi connectivity index (χ2v) is 10.1. The summed E-state index contributed by atoms with van der Waals surface area (Å²) in [5.41, 5.74) is -0.505. The summed E-state index contributed by atoms with van der Waals surface area (Å²) in [7, 11) is -2.64. The van der Waals surface area contributed by atoms with Crippen molar-refractivity contribution in [2.24, 2.45) is 0 Å². The third-order valence-electron chi connectivity index (χ3n) is 4.18. The molecule has 0 amide bonds. The minimum atomic E-state index is -4.65. The molecule has 2 heterocycles. The number of anilines is 1. The smallest absolute Gasteiger partial charge is 0.392 e. The van der Waals surface area contributed by atoms with Crippen LogP contribution in [0.3, 0.4) is 0 Å². The van der Waals surface area contributed by atoms with Crippen LogP contribution < -0.4 is 10.6 Å². The van der Waals surface area contributed by atoms with Crippen molar-refractivity contribution in [1.29, 1.82) is 0 Å². The van der Waals surface area contributed by atoms with Crippen LogP contribution in [-0.4, -0.2) is 46.0 Å². The third-order valence-corrected chi connectivity index (χ3v) is 5.71. The zero-order valence-corrected chi connectivity index (χ0v) is 16.4. The maximum absolute atomic E-state index is 13.6. The summed E-state index contributed by atoms with van der Waals surface area (Å²) in [5.74, 6) is -0.0222. The lowest BCUT2D eigenvalue weighted by Crippen LogP contribution is -2.18. The number of aliphatic hydroxyl groups is 1. The molecular weight excluding hydrogens is 392 g/mol. The number of hydrogen-bond acceptors (Lipinski definition) is 5. The van der Waals surface area contributed by atoms with Gasteiger partial charge in [-0.15, -0.1) is 0 Å². The molecule has 10 heteroatoms. The Hall–Kier alpha value is -2.38. The van der Waals surface area contributed by atoms with Crippen LogP contribution in [0.4, 0.5) is 19.1 Å². The van der Waals surface area contributed by atoms with Crippen LogP contribution in [0.15, 0.2) is 30.6 Å². The van der Waals surface area contributed by atoms with Crippen molar-refractivity contribution in [2.45, 2.75) is 19.2 Å². The summed E-state index contributed by atoms with van der Waals surface area (Å²) in [6.45, 7) is 4.84. The lowest BCUT2D eigenvalue weighted by molar-refractivity contribution is -0.137. The number of nitrogens with zero attached hydrogens (tertiary/aromatic N) is 2. The van der Waals surface area contributed by atoms with E-state index in [4.69, 9.17) is 0 Å². The van der Waals surface area contributed by atoms with Crippen molar-refractivity contribution >= 4 is 29.3 Å². The maximum Gasteiger partial charge on any atom is 0.419 e. The van der Waals surface area contributed by atoms with Crippen LogP contribution in [0, 0.1) is 0 Å². The van der Waals surface area contributed by atoms with Crippen LogP contribution in [0.5, 0.6) is 0 Å². The molecule has 0 saturated carbocycles. The van der Waals surface area contributed by atoms with E-state index in [0.717, 1.165) is 6.20 Å². The van der Waals surface area contributed by atoms with Crippen molar-refractivity contribution in [1.82, 2.24) is 15.0 Å². The maximum atomic E-state index is 13.6. The Balaban J connectivity index is 2.21. The Labute approximate surface area is 159 Å². The van der Waals surface area contributed by atoms with Gasteiger partial charge < -0.3 is 20.0 Å². The lowest BCUT2D eigenvalue weighted by Gasteiger charge is -2.14. The molecular formula is C18H20F3N4O2P. The molecule has 6 nitrogen and oxygen atoms in total. The van der Waals surface area contributed by atoms with Gasteiger partial charge in [-0.1, -0.05) is 12.1 Å². The van der Waals surface area contributed by atoms with Gasteiger partial charge >= 0.3 is 6.18 Å². The van der Waals surface area contributed by atoms with Crippen molar-refractivity contribution in [3.05, 3.63) is 36.2 Å². The van der Waals surface area contributed by atoms with E-state index >= 15 is 0 Å². The number of aromatic amines is 1. The highest BCUT2D eigenvalue weighted by Crippen LogP contribution is 2.41. The molecule has 28 heavy (non-hydrogen) atoms. The first-order valence-corrected chi connectivity index (χ1v) is 11.1. The number of alkyl halides is 3. The van der Waals surface area contributed by atoms with Gasteiger partial charge in [-0.25, -0.2) is 9.97 Å². The number of para-hydroxylation sites is 1. The molecule has 0 aliphatic carbocycles. The average molecular weight is 412 g/mol. The van der Waals surface area contributed by atoms with Gasteiger partial charge in [0.05, 0.1) is 17.3 Å². The molecule has 1 aromatic carbocycles. The van der Waals surface area contributed by atoms with Crippen molar-refractivity contribution < 1.29 is 22.8 Å². The summed E-state index contributed by atoms with van der Waals surface area (Å²) in [4.78, 5) is 10.7. The predicted octanol–water partition coefficient (Wildman–Crippen LogP) is 3.68. The zero-order chi connectivity index (χ0) is 20.7. The molecule has 0 saturated heterocycles. The second-order valence-electron chi connectivity index (χ2n) is 6.94. The fourth-order valence-corrected chi connectivity index (χ4v) is 4.07. The number of nitrogens with one attached hydrogen (secondary N) is 2. The standard InChI is InChI=1S/C18H20F3N4O2P/c1-10(26)7-23-17-24-9-13(18(19,20)21)15(25-17)12-8-22-16-11(12)5-4-6-14(16)28(2,3)27/h4-6,8-10,22,26H,7H2,1-3H3,(H,23,24,25)/t10-/m0/s1. The summed E-state index contributed by atoms with van der Waals surface area (Å²) >= 11 is 0. The fraction of sp³-hybridized carbons (Fsp3) is 0.333. The molecule has 0 bridgehead atoms. The average Bonchev–Trinajstić information content (AvgIpc) is 3.01. The molecule has 2 aromatic heterocycles. The van der Waals surface area contributed by atoms with E-state index in [1.165, 1.54) is 13.1 Å². The lowest BCUT2D eigenvalue weighted by atomic mass is 10.1. The van der Waals surface area contributed by atoms with Gasteiger partial charge in [0.25, 0.3) is 0 Å². The molecule has 0 radical (unpaired) electrons. The number of rotatable bonds is 5. The number of fused-ring (bicyclic) bond motifs is 1. The van der Waals surface area contributed by atoms with E-state index in [-0.39, 0.29) is 23.8 Å². The number of benzene rings is 1. The van der Waals surface area contributed by atoms with E-state index in [0.29, 0.717) is 16.2 Å². The first-order valence-electron chi connectivity index (χ1n) is 8.50. The highest BCUT2D eigenvalue weighted by molar-refractivity contribution is 7.70. The zero-order valence-electron chi connectivity index (χ0n) is 15.5. The Morgan fingerprint density at radius 2 is 2.04 bits per heavy atom. The largest absolute Gasteiger partial charge is 0.419 e. The molecule has 3 N–H and O–H groups in total. The van der Waals surface area contributed by atoms with Crippen molar-refractivity contribution in [2.75, 3.05) is 25.2 Å². The first-order chi connectivity index (χ1) is 13.0. The van der Waals surface area contributed by atoms with Gasteiger partial charge in [-0.05, 0) is 26.3 Å². The molecule has 3 rings (SSSR count). The first kappa shape index (κ1) is 20.4. The van der Waals surface area contributed by atoms with Crippen LogP contribution in [0.25, 0.3) is 22.2 Å². The second kappa shape index (κ2) is 7.22. The number of halogens is 3. The van der Waals surface area contributed by atoms with Gasteiger partial charge in [-0.2, -0.15) is 13.2 Å². The summed E-state index contributed by atoms with van der Waals surface area (Å²) in [6.07, 6.45) is -3.21. The van der Waals surface area contributed by atoms with Crippen LogP contribution in [0.2, 0.25) is 0 Å². The summed E-state index contributed by atoms with van der Waals surface area (Å²) < 4.78 is 53.2.